The molecule has 0 aliphatic heterocycles. The van der Waals surface area contributed by atoms with Crippen molar-refractivity contribution in [1.29, 1.82) is 0 Å². The second-order valence-corrected chi connectivity index (χ2v) is 5.21. The van der Waals surface area contributed by atoms with E-state index < -0.39 is 6.10 Å². The molecule has 1 N–H and O–H groups in total. The van der Waals surface area contributed by atoms with E-state index in [1.165, 1.54) is 16.7 Å². The van der Waals surface area contributed by atoms with Crippen molar-refractivity contribution in [3.63, 3.8) is 0 Å². The summed E-state index contributed by atoms with van der Waals surface area (Å²) in [5.41, 5.74) is 4.67. The maximum atomic E-state index is 10.5. The number of benzene rings is 1. The van der Waals surface area contributed by atoms with Gasteiger partial charge in [0.05, 0.1) is 12.7 Å². The molecule has 3 nitrogen and oxygen atoms in total. The molecule has 0 saturated heterocycles. The van der Waals surface area contributed by atoms with Crippen molar-refractivity contribution >= 4 is 0 Å². The zero-order valence-corrected chi connectivity index (χ0v) is 12.9. The normalized spacial score (nSPS) is 13.0. The highest BCUT2D eigenvalue weighted by Gasteiger charge is 2.16. The largest absolute Gasteiger partial charge is 0.387 e. The third kappa shape index (κ3) is 4.60. The summed E-state index contributed by atoms with van der Waals surface area (Å²) in [7, 11) is 1.71. The molecule has 0 radical (unpaired) electrons. The molecule has 3 heteroatoms. The number of hydrogen-bond acceptors (Lipinski definition) is 3. The SMILES string of the molecule is CCN(CCOC)CC(O)c1c(C)cc(C)cc1C. The van der Waals surface area contributed by atoms with Gasteiger partial charge in [-0.05, 0) is 44.0 Å². The number of nitrogens with zero attached hydrogens (tertiary/aromatic N) is 1. The van der Waals surface area contributed by atoms with Crippen molar-refractivity contribution in [2.75, 3.05) is 33.4 Å². The lowest BCUT2D eigenvalue weighted by Crippen LogP contribution is -2.32. The van der Waals surface area contributed by atoms with Crippen molar-refractivity contribution in [3.05, 3.63) is 34.4 Å². The van der Waals surface area contributed by atoms with Gasteiger partial charge in [-0.2, -0.15) is 0 Å². The summed E-state index contributed by atoms with van der Waals surface area (Å²) in [6.45, 7) is 11.5. The molecule has 0 aliphatic rings. The van der Waals surface area contributed by atoms with Crippen LogP contribution in [0.4, 0.5) is 0 Å². The van der Waals surface area contributed by atoms with Gasteiger partial charge in [-0.15, -0.1) is 0 Å². The van der Waals surface area contributed by atoms with Gasteiger partial charge in [0.15, 0.2) is 0 Å². The van der Waals surface area contributed by atoms with Crippen LogP contribution in [0.1, 0.15) is 35.3 Å². The predicted molar refractivity (Wildman–Crippen MR) is 79.6 cm³/mol. The molecule has 0 amide bonds. The second kappa shape index (κ2) is 7.63. The maximum absolute atomic E-state index is 10.5. The van der Waals surface area contributed by atoms with Crippen LogP contribution in [-0.2, 0) is 4.74 Å². The van der Waals surface area contributed by atoms with Crippen molar-refractivity contribution in [1.82, 2.24) is 4.90 Å². The van der Waals surface area contributed by atoms with Crippen molar-refractivity contribution < 1.29 is 9.84 Å². The fraction of sp³-hybridized carbons (Fsp3) is 0.625. The van der Waals surface area contributed by atoms with Crippen LogP contribution in [0.25, 0.3) is 0 Å². The molecular formula is C16H27NO2. The summed E-state index contributed by atoms with van der Waals surface area (Å²) in [6.07, 6.45) is -0.433. The number of methoxy groups -OCH3 is 1. The predicted octanol–water partition coefficient (Wildman–Crippen LogP) is 2.61. The average Bonchev–Trinajstić information content (AvgIpc) is 2.33. The average molecular weight is 265 g/mol. The number of hydrogen-bond donors (Lipinski definition) is 1. The van der Waals surface area contributed by atoms with Crippen molar-refractivity contribution in [3.8, 4) is 0 Å². The van der Waals surface area contributed by atoms with E-state index in [2.05, 4.69) is 44.7 Å². The Bertz CT molecular complexity index is 381. The first-order valence-corrected chi connectivity index (χ1v) is 6.96. The molecule has 0 spiro atoms. The quantitative estimate of drug-likeness (QED) is 0.822. The number of likely N-dealkylation sites (N-methyl/N-ethyl adjacent to an activating group) is 1. The Hall–Kier alpha value is -0.900. The standard InChI is InChI=1S/C16H27NO2/c1-6-17(7-8-19-5)11-15(18)16-13(3)9-12(2)10-14(16)4/h9-10,15,18H,6-8,11H2,1-5H3. The zero-order valence-electron chi connectivity index (χ0n) is 12.9. The van der Waals surface area contributed by atoms with Crippen LogP contribution in [-0.4, -0.2) is 43.4 Å². The minimum absolute atomic E-state index is 0.433. The Morgan fingerprint density at radius 2 is 1.79 bits per heavy atom. The summed E-state index contributed by atoms with van der Waals surface area (Å²) in [4.78, 5) is 2.22. The highest BCUT2D eigenvalue weighted by Crippen LogP contribution is 2.24. The minimum Gasteiger partial charge on any atom is -0.387 e. The summed E-state index contributed by atoms with van der Waals surface area (Å²) >= 11 is 0. The molecule has 1 aromatic carbocycles. The van der Waals surface area contributed by atoms with E-state index in [-0.39, 0.29) is 0 Å². The fourth-order valence-electron chi connectivity index (χ4n) is 2.65. The van der Waals surface area contributed by atoms with Crippen LogP contribution < -0.4 is 0 Å². The number of rotatable bonds is 7. The summed E-state index contributed by atoms with van der Waals surface area (Å²) < 4.78 is 5.10. The lowest BCUT2D eigenvalue weighted by molar-refractivity contribution is 0.0914. The molecule has 108 valence electrons. The van der Waals surface area contributed by atoms with Gasteiger partial charge < -0.3 is 9.84 Å². The van der Waals surface area contributed by atoms with Gasteiger partial charge in [-0.25, -0.2) is 0 Å². The van der Waals surface area contributed by atoms with Crippen LogP contribution in [0, 0.1) is 20.8 Å². The van der Waals surface area contributed by atoms with E-state index in [1.54, 1.807) is 7.11 Å². The Kier molecular flexibility index (Phi) is 6.49. The highest BCUT2D eigenvalue weighted by molar-refractivity contribution is 5.39. The Labute approximate surface area is 117 Å². The van der Waals surface area contributed by atoms with Gasteiger partial charge in [-0.1, -0.05) is 24.6 Å². The maximum Gasteiger partial charge on any atom is 0.0922 e. The van der Waals surface area contributed by atoms with Gasteiger partial charge >= 0.3 is 0 Å². The molecule has 0 saturated carbocycles. The summed E-state index contributed by atoms with van der Waals surface area (Å²) in [6, 6.07) is 4.27. The fourth-order valence-corrected chi connectivity index (χ4v) is 2.65. The van der Waals surface area contributed by atoms with Gasteiger partial charge in [-0.3, -0.25) is 4.90 Å². The van der Waals surface area contributed by atoms with E-state index in [4.69, 9.17) is 4.74 Å². The van der Waals surface area contributed by atoms with Crippen LogP contribution in [0.3, 0.4) is 0 Å². The third-order valence-electron chi connectivity index (χ3n) is 3.56. The van der Waals surface area contributed by atoms with Gasteiger partial charge in [0.25, 0.3) is 0 Å². The third-order valence-corrected chi connectivity index (χ3v) is 3.56. The molecule has 0 aromatic heterocycles. The zero-order chi connectivity index (χ0) is 14.4. The van der Waals surface area contributed by atoms with Crippen LogP contribution >= 0.6 is 0 Å². The molecule has 0 heterocycles. The second-order valence-electron chi connectivity index (χ2n) is 5.21. The lowest BCUT2D eigenvalue weighted by atomic mass is 9.95. The molecule has 19 heavy (non-hydrogen) atoms. The van der Waals surface area contributed by atoms with Gasteiger partial charge in [0.2, 0.25) is 0 Å². The van der Waals surface area contributed by atoms with Crippen LogP contribution in [0.2, 0.25) is 0 Å². The van der Waals surface area contributed by atoms with Crippen molar-refractivity contribution in [2.24, 2.45) is 0 Å². The Morgan fingerprint density at radius 1 is 1.21 bits per heavy atom. The molecule has 1 aromatic rings. The Morgan fingerprint density at radius 3 is 2.26 bits per heavy atom. The van der Waals surface area contributed by atoms with E-state index in [0.717, 1.165) is 18.7 Å². The van der Waals surface area contributed by atoms with E-state index >= 15 is 0 Å². The van der Waals surface area contributed by atoms with Gasteiger partial charge in [0.1, 0.15) is 0 Å². The minimum atomic E-state index is -0.433. The first kappa shape index (κ1) is 16.2. The topological polar surface area (TPSA) is 32.7 Å². The molecule has 0 fully saturated rings. The van der Waals surface area contributed by atoms with Crippen LogP contribution in [0.15, 0.2) is 12.1 Å². The molecular weight excluding hydrogens is 238 g/mol. The number of aliphatic hydroxyl groups is 1. The van der Waals surface area contributed by atoms with E-state index in [9.17, 15) is 5.11 Å². The molecule has 1 rings (SSSR count). The first-order valence-electron chi connectivity index (χ1n) is 6.96. The number of ether oxygens (including phenoxy) is 1. The van der Waals surface area contributed by atoms with E-state index in [1.807, 2.05) is 0 Å². The summed E-state index contributed by atoms with van der Waals surface area (Å²) in [5, 5.41) is 10.5. The first-order chi connectivity index (χ1) is 8.99. The van der Waals surface area contributed by atoms with Crippen molar-refractivity contribution in [2.45, 2.75) is 33.8 Å². The van der Waals surface area contributed by atoms with E-state index in [0.29, 0.717) is 13.2 Å². The lowest BCUT2D eigenvalue weighted by Gasteiger charge is -2.25. The summed E-state index contributed by atoms with van der Waals surface area (Å²) in [5.74, 6) is 0. The Balaban J connectivity index is 2.79. The number of aliphatic hydroxyl groups excluding tert-OH is 1. The molecule has 0 aliphatic carbocycles. The highest BCUT2D eigenvalue weighted by atomic mass is 16.5. The molecule has 0 bridgehead atoms. The smallest absolute Gasteiger partial charge is 0.0922 e. The monoisotopic (exact) mass is 265 g/mol. The molecule has 1 unspecified atom stereocenters. The molecule has 1 atom stereocenters. The van der Waals surface area contributed by atoms with Crippen LogP contribution in [0.5, 0.6) is 0 Å². The van der Waals surface area contributed by atoms with Gasteiger partial charge in [0, 0.05) is 20.2 Å². The number of aryl methyl sites for hydroxylation is 3.